The number of hydrogen-bond donors (Lipinski definition) is 2. The summed E-state index contributed by atoms with van der Waals surface area (Å²) in [5, 5.41) is 13.9. The Kier molecular flexibility index (Phi) is 3.36. The Morgan fingerprint density at radius 2 is 1.84 bits per heavy atom. The minimum atomic E-state index is -0.845. The maximum absolute atomic E-state index is 11.4. The Morgan fingerprint density at radius 3 is 2.60 bits per heavy atom. The summed E-state index contributed by atoms with van der Waals surface area (Å²) in [6, 6.07) is 14.0. The molecule has 0 saturated heterocycles. The largest absolute Gasteiger partial charge is 0.478 e. The van der Waals surface area contributed by atoms with Crippen LogP contribution in [0.1, 0.15) is 52.7 Å². The lowest BCUT2D eigenvalue weighted by Gasteiger charge is -2.43. The van der Waals surface area contributed by atoms with Gasteiger partial charge in [0, 0.05) is 10.7 Å². The number of nitrogens with one attached hydrogen (secondary N) is 1. The third kappa shape index (κ3) is 2.29. The smallest absolute Gasteiger partial charge is 0.335 e. The highest BCUT2D eigenvalue weighted by molar-refractivity contribution is 6.30. The van der Waals surface area contributed by atoms with Gasteiger partial charge in [0.25, 0.3) is 0 Å². The molecular formula is C21H20ClNO2. The molecule has 5 rings (SSSR count). The van der Waals surface area contributed by atoms with Crippen LogP contribution < -0.4 is 5.32 Å². The zero-order chi connectivity index (χ0) is 17.1. The quantitative estimate of drug-likeness (QED) is 0.766. The Hall–Kier alpha value is -2.00. The van der Waals surface area contributed by atoms with E-state index in [2.05, 4.69) is 17.4 Å². The second kappa shape index (κ2) is 5.50. The number of carboxylic acids is 1. The van der Waals surface area contributed by atoms with Crippen molar-refractivity contribution < 1.29 is 9.90 Å². The van der Waals surface area contributed by atoms with Gasteiger partial charge in [-0.3, -0.25) is 0 Å². The van der Waals surface area contributed by atoms with Crippen LogP contribution in [-0.2, 0) is 0 Å². The van der Waals surface area contributed by atoms with Crippen molar-refractivity contribution >= 4 is 23.3 Å². The summed E-state index contributed by atoms with van der Waals surface area (Å²) in [5.41, 5.74) is 3.98. The number of fused-ring (bicyclic) bond motifs is 7. The number of carbonyl (C=O) groups is 1. The lowest BCUT2D eigenvalue weighted by molar-refractivity contribution is 0.0696. The molecule has 2 aromatic rings. The molecule has 1 aliphatic heterocycles. The van der Waals surface area contributed by atoms with Crippen LogP contribution in [0, 0.1) is 17.8 Å². The van der Waals surface area contributed by atoms with Gasteiger partial charge in [-0.05, 0) is 84.4 Å². The monoisotopic (exact) mass is 353 g/mol. The Morgan fingerprint density at radius 1 is 1.08 bits per heavy atom. The van der Waals surface area contributed by atoms with Crippen molar-refractivity contribution in [2.24, 2.45) is 17.8 Å². The molecule has 2 bridgehead atoms. The lowest BCUT2D eigenvalue weighted by Crippen LogP contribution is -2.35. The van der Waals surface area contributed by atoms with Gasteiger partial charge in [-0.25, -0.2) is 4.79 Å². The van der Waals surface area contributed by atoms with Gasteiger partial charge in [-0.2, -0.15) is 0 Å². The Balaban J connectivity index is 1.62. The van der Waals surface area contributed by atoms with E-state index in [0.717, 1.165) is 16.6 Å². The van der Waals surface area contributed by atoms with Crippen LogP contribution in [0.4, 0.5) is 5.69 Å². The third-order valence-electron chi connectivity index (χ3n) is 6.56. The molecule has 128 valence electrons. The molecule has 5 atom stereocenters. The molecule has 2 aromatic carbocycles. The average Bonchev–Trinajstić information content (AvgIpc) is 3.23. The summed E-state index contributed by atoms with van der Waals surface area (Å²) >= 11 is 6.08. The molecule has 4 heteroatoms. The maximum atomic E-state index is 11.4. The van der Waals surface area contributed by atoms with Gasteiger partial charge in [0.1, 0.15) is 0 Å². The number of anilines is 1. The standard InChI is InChI=1S/C21H20ClNO2/c22-15-6-3-11(4-7-15)20-19-13-2-1-12(9-13)18(19)16-10-14(21(24)25)5-8-17(16)23-20/h3-8,10,12-13,18-20,23H,1-2,9H2,(H,24,25)/t12-,13-,18-,19+,20-/m0/s1. The summed E-state index contributed by atoms with van der Waals surface area (Å²) < 4.78 is 0. The van der Waals surface area contributed by atoms with Crippen molar-refractivity contribution in [3.63, 3.8) is 0 Å². The zero-order valence-electron chi connectivity index (χ0n) is 13.8. The molecule has 2 N–H and O–H groups in total. The SMILES string of the molecule is O=C(O)c1ccc2c(c1)[C@@H]1[C@H]3CC[C@@H](C3)[C@H]1[C@H](c1ccc(Cl)cc1)N2. The van der Waals surface area contributed by atoms with Crippen LogP contribution in [0.5, 0.6) is 0 Å². The third-order valence-corrected chi connectivity index (χ3v) is 6.82. The van der Waals surface area contributed by atoms with Crippen molar-refractivity contribution in [2.45, 2.75) is 31.2 Å². The minimum Gasteiger partial charge on any atom is -0.478 e. The number of aromatic carboxylic acids is 1. The Bertz CT molecular complexity index is 847. The second-order valence-electron chi connectivity index (χ2n) is 7.72. The first kappa shape index (κ1) is 15.3. The predicted octanol–water partition coefficient (Wildman–Crippen LogP) is 5.33. The van der Waals surface area contributed by atoms with E-state index in [1.165, 1.54) is 30.4 Å². The highest BCUT2D eigenvalue weighted by Gasteiger charge is 2.53. The minimum absolute atomic E-state index is 0.278. The highest BCUT2D eigenvalue weighted by atomic mass is 35.5. The van der Waals surface area contributed by atoms with Gasteiger partial charge in [0.05, 0.1) is 11.6 Å². The number of benzene rings is 2. The Labute approximate surface area is 152 Å². The van der Waals surface area contributed by atoms with Gasteiger partial charge in [0.15, 0.2) is 0 Å². The molecule has 0 radical (unpaired) electrons. The van der Waals surface area contributed by atoms with Crippen LogP contribution in [0.2, 0.25) is 5.02 Å². The second-order valence-corrected chi connectivity index (χ2v) is 8.15. The molecule has 3 nitrogen and oxygen atoms in total. The van der Waals surface area contributed by atoms with Crippen molar-refractivity contribution in [1.82, 2.24) is 0 Å². The van der Waals surface area contributed by atoms with Crippen molar-refractivity contribution in [1.29, 1.82) is 0 Å². The van der Waals surface area contributed by atoms with E-state index in [-0.39, 0.29) is 6.04 Å². The number of halogens is 1. The predicted molar refractivity (Wildman–Crippen MR) is 98.3 cm³/mol. The molecule has 0 amide bonds. The molecule has 0 spiro atoms. The van der Waals surface area contributed by atoms with Crippen LogP contribution in [0.15, 0.2) is 42.5 Å². The number of carboxylic acid groups (broad SMARTS) is 1. The maximum Gasteiger partial charge on any atom is 0.335 e. The topological polar surface area (TPSA) is 49.3 Å². The summed E-state index contributed by atoms with van der Waals surface area (Å²) in [5.74, 6) is 1.58. The van der Waals surface area contributed by atoms with Gasteiger partial charge in [-0.15, -0.1) is 0 Å². The van der Waals surface area contributed by atoms with E-state index in [0.29, 0.717) is 23.3 Å². The average molecular weight is 354 g/mol. The van der Waals surface area contributed by atoms with Crippen LogP contribution >= 0.6 is 11.6 Å². The fourth-order valence-corrected chi connectivity index (χ4v) is 5.75. The first-order chi connectivity index (χ1) is 12.1. The molecule has 2 fully saturated rings. The van der Waals surface area contributed by atoms with E-state index in [1.54, 1.807) is 6.07 Å². The van der Waals surface area contributed by atoms with Crippen molar-refractivity contribution in [3.8, 4) is 0 Å². The molecule has 0 aromatic heterocycles. The fourth-order valence-electron chi connectivity index (χ4n) is 5.62. The van der Waals surface area contributed by atoms with E-state index >= 15 is 0 Å². The van der Waals surface area contributed by atoms with E-state index in [4.69, 9.17) is 11.6 Å². The normalized spacial score (nSPS) is 32.0. The molecular weight excluding hydrogens is 334 g/mol. The molecule has 1 heterocycles. The van der Waals surface area contributed by atoms with E-state index in [1.807, 2.05) is 24.3 Å². The lowest BCUT2D eigenvalue weighted by atomic mass is 9.68. The van der Waals surface area contributed by atoms with Gasteiger partial charge in [0.2, 0.25) is 0 Å². The van der Waals surface area contributed by atoms with Crippen molar-refractivity contribution in [2.75, 3.05) is 5.32 Å². The van der Waals surface area contributed by atoms with E-state index in [9.17, 15) is 9.90 Å². The van der Waals surface area contributed by atoms with Crippen LogP contribution in [-0.4, -0.2) is 11.1 Å². The fraction of sp³-hybridized carbons (Fsp3) is 0.381. The first-order valence-electron chi connectivity index (χ1n) is 9.01. The molecule has 0 unspecified atom stereocenters. The van der Waals surface area contributed by atoms with Gasteiger partial charge in [-0.1, -0.05) is 23.7 Å². The van der Waals surface area contributed by atoms with Crippen LogP contribution in [0.25, 0.3) is 0 Å². The van der Waals surface area contributed by atoms with Gasteiger partial charge < -0.3 is 10.4 Å². The summed E-state index contributed by atoms with van der Waals surface area (Å²) in [7, 11) is 0. The molecule has 25 heavy (non-hydrogen) atoms. The first-order valence-corrected chi connectivity index (χ1v) is 9.39. The number of hydrogen-bond acceptors (Lipinski definition) is 2. The van der Waals surface area contributed by atoms with Gasteiger partial charge >= 0.3 is 5.97 Å². The van der Waals surface area contributed by atoms with Crippen molar-refractivity contribution in [3.05, 3.63) is 64.2 Å². The highest BCUT2D eigenvalue weighted by Crippen LogP contribution is 2.63. The van der Waals surface area contributed by atoms with E-state index < -0.39 is 5.97 Å². The van der Waals surface area contributed by atoms with Crippen LogP contribution in [0.3, 0.4) is 0 Å². The molecule has 2 saturated carbocycles. The zero-order valence-corrected chi connectivity index (χ0v) is 14.5. The summed E-state index contributed by atoms with van der Waals surface area (Å²) in [6.45, 7) is 0. The number of rotatable bonds is 2. The summed E-state index contributed by atoms with van der Waals surface area (Å²) in [6.07, 6.45) is 3.85. The molecule has 3 aliphatic rings. The molecule has 2 aliphatic carbocycles. The summed E-state index contributed by atoms with van der Waals surface area (Å²) in [4.78, 5) is 11.4.